The summed E-state index contributed by atoms with van der Waals surface area (Å²) in [5.41, 5.74) is 0.791. The molecule has 4 nitrogen and oxygen atoms in total. The van der Waals surface area contributed by atoms with Crippen LogP contribution in [0.15, 0.2) is 24.3 Å². The number of amides is 1. The second kappa shape index (κ2) is 8.47. The van der Waals surface area contributed by atoms with Gasteiger partial charge in [-0.2, -0.15) is 0 Å². The van der Waals surface area contributed by atoms with E-state index in [4.69, 9.17) is 11.6 Å². The van der Waals surface area contributed by atoms with Crippen molar-refractivity contribution in [1.29, 1.82) is 0 Å². The number of rotatable bonds is 5. The predicted octanol–water partition coefficient (Wildman–Crippen LogP) is 2.38. The van der Waals surface area contributed by atoms with E-state index in [1.54, 1.807) is 12.1 Å². The van der Waals surface area contributed by atoms with Gasteiger partial charge in [0.2, 0.25) is 5.91 Å². The summed E-state index contributed by atoms with van der Waals surface area (Å²) in [6.45, 7) is 2.39. The molecule has 0 radical (unpaired) electrons. The normalized spacial score (nSPS) is 18.6. The van der Waals surface area contributed by atoms with Crippen molar-refractivity contribution in [2.45, 2.75) is 18.9 Å². The molecule has 1 fully saturated rings. The highest BCUT2D eigenvalue weighted by atomic mass is 35.5. The highest BCUT2D eigenvalue weighted by molar-refractivity contribution is 6.30. The van der Waals surface area contributed by atoms with Crippen molar-refractivity contribution in [2.24, 2.45) is 0 Å². The lowest BCUT2D eigenvalue weighted by atomic mass is 10.2. The number of nitrogens with zero attached hydrogens (tertiary/aromatic N) is 1. The Labute approximate surface area is 131 Å². The number of likely N-dealkylation sites (tertiary alicyclic amines) is 1. The standard InChI is InChI=1S/C14H20ClN3O.ClH/c1-16-9-13-3-2-8-18(13)10-14(19)17-12-6-4-11(15)5-7-12;/h4-7,13,16H,2-3,8-10H2,1H3,(H,17,19);1H. The van der Waals surface area contributed by atoms with Gasteiger partial charge in [-0.3, -0.25) is 9.69 Å². The van der Waals surface area contributed by atoms with Crippen molar-refractivity contribution >= 4 is 35.6 Å². The van der Waals surface area contributed by atoms with Crippen LogP contribution in [0, 0.1) is 0 Å². The summed E-state index contributed by atoms with van der Waals surface area (Å²) in [5.74, 6) is 0.0327. The molecule has 20 heavy (non-hydrogen) atoms. The molecule has 6 heteroatoms. The van der Waals surface area contributed by atoms with Gasteiger partial charge in [-0.1, -0.05) is 11.6 Å². The molecule has 1 aromatic carbocycles. The van der Waals surface area contributed by atoms with Crippen LogP contribution >= 0.6 is 24.0 Å². The van der Waals surface area contributed by atoms with E-state index in [0.717, 1.165) is 25.2 Å². The summed E-state index contributed by atoms with van der Waals surface area (Å²) in [5, 5.41) is 6.75. The summed E-state index contributed by atoms with van der Waals surface area (Å²) in [6.07, 6.45) is 2.33. The third kappa shape index (κ3) is 4.94. The van der Waals surface area contributed by atoms with E-state index in [9.17, 15) is 4.79 Å². The van der Waals surface area contributed by atoms with E-state index in [0.29, 0.717) is 17.6 Å². The van der Waals surface area contributed by atoms with Crippen LogP contribution in [0.5, 0.6) is 0 Å². The van der Waals surface area contributed by atoms with Crippen molar-refractivity contribution in [2.75, 3.05) is 32.0 Å². The molecule has 1 unspecified atom stereocenters. The fourth-order valence-electron chi connectivity index (χ4n) is 2.49. The summed E-state index contributed by atoms with van der Waals surface area (Å²) in [6, 6.07) is 7.65. The molecule has 1 saturated heterocycles. The number of benzene rings is 1. The average Bonchev–Trinajstić information content (AvgIpc) is 2.80. The lowest BCUT2D eigenvalue weighted by Gasteiger charge is -2.23. The van der Waals surface area contributed by atoms with Crippen LogP contribution < -0.4 is 10.6 Å². The monoisotopic (exact) mass is 317 g/mol. The number of likely N-dealkylation sites (N-methyl/N-ethyl adjacent to an activating group) is 1. The zero-order valence-corrected chi connectivity index (χ0v) is 13.1. The van der Waals surface area contributed by atoms with Gasteiger partial charge in [0.05, 0.1) is 6.54 Å². The smallest absolute Gasteiger partial charge is 0.238 e. The summed E-state index contributed by atoms with van der Waals surface area (Å²) in [4.78, 5) is 14.2. The Balaban J connectivity index is 0.00000200. The summed E-state index contributed by atoms with van der Waals surface area (Å²) in [7, 11) is 1.95. The summed E-state index contributed by atoms with van der Waals surface area (Å²) < 4.78 is 0. The largest absolute Gasteiger partial charge is 0.325 e. The van der Waals surface area contributed by atoms with Crippen LogP contribution in [0.1, 0.15) is 12.8 Å². The maximum atomic E-state index is 12.0. The van der Waals surface area contributed by atoms with Crippen LogP contribution in [0.3, 0.4) is 0 Å². The molecule has 2 N–H and O–H groups in total. The molecule has 2 rings (SSSR count). The highest BCUT2D eigenvalue weighted by Crippen LogP contribution is 2.17. The number of carbonyl (C=O) groups is 1. The fourth-order valence-corrected chi connectivity index (χ4v) is 2.61. The van der Waals surface area contributed by atoms with Gasteiger partial charge in [0.1, 0.15) is 0 Å². The second-order valence-electron chi connectivity index (χ2n) is 4.88. The molecule has 1 heterocycles. The van der Waals surface area contributed by atoms with Crippen molar-refractivity contribution in [1.82, 2.24) is 10.2 Å². The zero-order chi connectivity index (χ0) is 13.7. The molecule has 0 aromatic heterocycles. The topological polar surface area (TPSA) is 44.4 Å². The first-order valence-electron chi connectivity index (χ1n) is 6.63. The van der Waals surface area contributed by atoms with Crippen LogP contribution in [0.4, 0.5) is 5.69 Å². The van der Waals surface area contributed by atoms with E-state index in [2.05, 4.69) is 15.5 Å². The number of anilines is 1. The molecule has 1 amide bonds. The first-order valence-corrected chi connectivity index (χ1v) is 7.01. The van der Waals surface area contributed by atoms with Gasteiger partial charge in [0.25, 0.3) is 0 Å². The Morgan fingerprint density at radius 1 is 1.40 bits per heavy atom. The maximum Gasteiger partial charge on any atom is 0.238 e. The zero-order valence-electron chi connectivity index (χ0n) is 11.6. The van der Waals surface area contributed by atoms with Crippen LogP contribution in [-0.2, 0) is 4.79 Å². The maximum absolute atomic E-state index is 12.0. The molecule has 0 bridgehead atoms. The van der Waals surface area contributed by atoms with Crippen LogP contribution in [0.25, 0.3) is 0 Å². The highest BCUT2D eigenvalue weighted by Gasteiger charge is 2.25. The Morgan fingerprint density at radius 3 is 2.75 bits per heavy atom. The molecule has 1 aliphatic rings. The third-order valence-electron chi connectivity index (χ3n) is 3.41. The van der Waals surface area contributed by atoms with Crippen LogP contribution in [0.2, 0.25) is 5.02 Å². The van der Waals surface area contributed by atoms with E-state index in [1.807, 2.05) is 19.2 Å². The number of carbonyl (C=O) groups excluding carboxylic acids is 1. The van der Waals surface area contributed by atoms with E-state index in [-0.39, 0.29) is 18.3 Å². The van der Waals surface area contributed by atoms with Crippen molar-refractivity contribution in [3.63, 3.8) is 0 Å². The molecule has 0 spiro atoms. The fraction of sp³-hybridized carbons (Fsp3) is 0.500. The van der Waals surface area contributed by atoms with Gasteiger partial charge in [0, 0.05) is 23.3 Å². The molecular formula is C14H21Cl2N3O. The molecule has 0 aliphatic carbocycles. The minimum absolute atomic E-state index is 0. The molecular weight excluding hydrogens is 297 g/mol. The van der Waals surface area contributed by atoms with Crippen molar-refractivity contribution in [3.05, 3.63) is 29.3 Å². The summed E-state index contributed by atoms with van der Waals surface area (Å²) >= 11 is 5.81. The predicted molar refractivity (Wildman–Crippen MR) is 85.9 cm³/mol. The number of hydrogen-bond donors (Lipinski definition) is 2. The van der Waals surface area contributed by atoms with Gasteiger partial charge in [-0.05, 0) is 50.7 Å². The van der Waals surface area contributed by atoms with Crippen molar-refractivity contribution in [3.8, 4) is 0 Å². The molecule has 1 atom stereocenters. The minimum atomic E-state index is 0. The third-order valence-corrected chi connectivity index (χ3v) is 3.67. The average molecular weight is 318 g/mol. The van der Waals surface area contributed by atoms with Crippen molar-refractivity contribution < 1.29 is 4.79 Å². The number of hydrogen-bond acceptors (Lipinski definition) is 3. The Hall–Kier alpha value is -0.810. The Kier molecular flexibility index (Phi) is 7.30. The lowest BCUT2D eigenvalue weighted by molar-refractivity contribution is -0.117. The SMILES string of the molecule is CNCC1CCCN1CC(=O)Nc1ccc(Cl)cc1.Cl. The van der Waals surface area contributed by atoms with Gasteiger partial charge in [0.15, 0.2) is 0 Å². The Morgan fingerprint density at radius 2 is 2.10 bits per heavy atom. The van der Waals surface area contributed by atoms with Gasteiger partial charge >= 0.3 is 0 Å². The minimum Gasteiger partial charge on any atom is -0.325 e. The molecule has 1 aromatic rings. The number of halogens is 2. The Bertz CT molecular complexity index is 425. The second-order valence-corrected chi connectivity index (χ2v) is 5.32. The molecule has 0 saturated carbocycles. The number of nitrogens with one attached hydrogen (secondary N) is 2. The van der Waals surface area contributed by atoms with Crippen LogP contribution in [-0.4, -0.2) is 43.5 Å². The van der Waals surface area contributed by atoms with E-state index >= 15 is 0 Å². The van der Waals surface area contributed by atoms with Gasteiger partial charge < -0.3 is 10.6 Å². The lowest BCUT2D eigenvalue weighted by Crippen LogP contribution is -2.41. The molecule has 1 aliphatic heterocycles. The quantitative estimate of drug-likeness (QED) is 0.876. The van der Waals surface area contributed by atoms with E-state index in [1.165, 1.54) is 6.42 Å². The van der Waals surface area contributed by atoms with E-state index < -0.39 is 0 Å². The first kappa shape index (κ1) is 17.2. The molecule has 112 valence electrons. The first-order chi connectivity index (χ1) is 9.19. The van der Waals surface area contributed by atoms with Gasteiger partial charge in [-0.25, -0.2) is 0 Å². The van der Waals surface area contributed by atoms with Gasteiger partial charge in [-0.15, -0.1) is 12.4 Å².